The second-order valence-electron chi connectivity index (χ2n) is 3.50. The number of hydrogen-bond donors (Lipinski definition) is 1. The van der Waals surface area contributed by atoms with Gasteiger partial charge in [0.1, 0.15) is 0 Å². The zero-order valence-corrected chi connectivity index (χ0v) is 8.30. The Morgan fingerprint density at radius 2 is 2.31 bits per heavy atom. The third-order valence-corrected chi connectivity index (χ3v) is 2.39. The fourth-order valence-electron chi connectivity index (χ4n) is 1.72. The second-order valence-corrected chi connectivity index (χ2v) is 3.50. The first kappa shape index (κ1) is 10.3. The van der Waals surface area contributed by atoms with E-state index < -0.39 is 0 Å². The van der Waals surface area contributed by atoms with E-state index in [-0.39, 0.29) is 17.9 Å². The fourth-order valence-corrected chi connectivity index (χ4v) is 1.72. The molecule has 0 saturated carbocycles. The van der Waals surface area contributed by atoms with Crippen LogP contribution in [0.25, 0.3) is 0 Å². The first-order valence-electron chi connectivity index (χ1n) is 4.65. The number of carbonyl (C=O) groups is 1. The van der Waals surface area contributed by atoms with Gasteiger partial charge >= 0.3 is 0 Å². The van der Waals surface area contributed by atoms with Crippen molar-refractivity contribution in [3.05, 3.63) is 12.2 Å². The molecule has 1 amide bonds. The van der Waals surface area contributed by atoms with Crippen molar-refractivity contribution in [1.29, 1.82) is 0 Å². The van der Waals surface area contributed by atoms with Gasteiger partial charge in [-0.1, -0.05) is 12.2 Å². The number of carbonyl (C=O) groups excluding carboxylic acids is 1. The normalized spacial score (nSPS) is 28.2. The Kier molecular flexibility index (Phi) is 3.48. The second kappa shape index (κ2) is 4.42. The molecule has 2 unspecified atom stereocenters. The van der Waals surface area contributed by atoms with E-state index in [2.05, 4.69) is 11.9 Å². The summed E-state index contributed by atoms with van der Waals surface area (Å²) in [5, 5.41) is 2.66. The Hall–Kier alpha value is -0.830. The quantitative estimate of drug-likeness (QED) is 0.651. The number of nitrogens with one attached hydrogen (secondary N) is 1. The van der Waals surface area contributed by atoms with Gasteiger partial charge in [0.15, 0.2) is 0 Å². The van der Waals surface area contributed by atoms with Crippen LogP contribution in [-0.2, 0) is 9.53 Å². The summed E-state index contributed by atoms with van der Waals surface area (Å²) in [7, 11) is 1.66. The Bertz CT molecular complexity index is 213. The van der Waals surface area contributed by atoms with E-state index >= 15 is 0 Å². The van der Waals surface area contributed by atoms with E-state index in [1.54, 1.807) is 7.05 Å². The fraction of sp³-hybridized carbons (Fsp3) is 0.700. The van der Waals surface area contributed by atoms with Gasteiger partial charge in [0.05, 0.1) is 12.0 Å². The van der Waals surface area contributed by atoms with Crippen molar-refractivity contribution in [2.75, 3.05) is 13.7 Å². The molecule has 1 aliphatic heterocycles. The van der Waals surface area contributed by atoms with Crippen LogP contribution in [0.4, 0.5) is 0 Å². The predicted molar refractivity (Wildman–Crippen MR) is 51.3 cm³/mol. The molecule has 3 heteroatoms. The summed E-state index contributed by atoms with van der Waals surface area (Å²) < 4.78 is 5.51. The Morgan fingerprint density at radius 1 is 1.62 bits per heavy atom. The number of rotatable bonds is 2. The van der Waals surface area contributed by atoms with Gasteiger partial charge in [-0.25, -0.2) is 0 Å². The van der Waals surface area contributed by atoms with E-state index in [0.29, 0.717) is 0 Å². The zero-order valence-electron chi connectivity index (χ0n) is 8.30. The summed E-state index contributed by atoms with van der Waals surface area (Å²) in [5.74, 6) is 0.0175. The number of hydrogen-bond acceptors (Lipinski definition) is 2. The minimum atomic E-state index is -0.0892. The first-order chi connectivity index (χ1) is 6.16. The summed E-state index contributed by atoms with van der Waals surface area (Å²) in [6.45, 7) is 6.49. The summed E-state index contributed by atoms with van der Waals surface area (Å²) in [5.41, 5.74) is 0.938. The third-order valence-electron chi connectivity index (χ3n) is 2.39. The molecule has 1 saturated heterocycles. The van der Waals surface area contributed by atoms with E-state index in [0.717, 1.165) is 25.0 Å². The van der Waals surface area contributed by atoms with Gasteiger partial charge in [-0.2, -0.15) is 0 Å². The van der Waals surface area contributed by atoms with Gasteiger partial charge in [0.2, 0.25) is 5.91 Å². The maximum absolute atomic E-state index is 11.4. The molecular weight excluding hydrogens is 166 g/mol. The molecule has 3 nitrogen and oxygen atoms in total. The van der Waals surface area contributed by atoms with Gasteiger partial charge in [0.25, 0.3) is 0 Å². The SMILES string of the molecule is C=C(C)C1OCCCC1C(=O)NC. The minimum Gasteiger partial charge on any atom is -0.373 e. The molecule has 1 rings (SSSR count). The average Bonchev–Trinajstić information content (AvgIpc) is 2.16. The molecule has 0 aromatic heterocycles. The van der Waals surface area contributed by atoms with Gasteiger partial charge in [-0.15, -0.1) is 0 Å². The largest absolute Gasteiger partial charge is 0.373 e. The topological polar surface area (TPSA) is 38.3 Å². The smallest absolute Gasteiger partial charge is 0.225 e. The zero-order chi connectivity index (χ0) is 9.84. The summed E-state index contributed by atoms with van der Waals surface area (Å²) in [6, 6.07) is 0. The van der Waals surface area contributed by atoms with Crippen LogP contribution in [0.2, 0.25) is 0 Å². The molecule has 0 bridgehead atoms. The Balaban J connectivity index is 2.67. The van der Waals surface area contributed by atoms with Crippen molar-refractivity contribution < 1.29 is 9.53 Å². The average molecular weight is 183 g/mol. The minimum absolute atomic E-state index is 0.0451. The highest BCUT2D eigenvalue weighted by molar-refractivity contribution is 5.79. The van der Waals surface area contributed by atoms with Crippen LogP contribution in [-0.4, -0.2) is 25.7 Å². The van der Waals surface area contributed by atoms with Crippen molar-refractivity contribution in [2.24, 2.45) is 5.92 Å². The highest BCUT2D eigenvalue weighted by atomic mass is 16.5. The lowest BCUT2D eigenvalue weighted by Crippen LogP contribution is -2.40. The van der Waals surface area contributed by atoms with Gasteiger partial charge in [0, 0.05) is 13.7 Å². The van der Waals surface area contributed by atoms with E-state index in [1.807, 2.05) is 6.92 Å². The first-order valence-corrected chi connectivity index (χ1v) is 4.65. The van der Waals surface area contributed by atoms with Crippen molar-refractivity contribution >= 4 is 5.91 Å². The van der Waals surface area contributed by atoms with Crippen molar-refractivity contribution in [2.45, 2.75) is 25.9 Å². The van der Waals surface area contributed by atoms with Crippen LogP contribution in [0.3, 0.4) is 0 Å². The molecule has 0 spiro atoms. The lowest BCUT2D eigenvalue weighted by Gasteiger charge is -2.30. The van der Waals surface area contributed by atoms with Crippen LogP contribution in [0.5, 0.6) is 0 Å². The van der Waals surface area contributed by atoms with Crippen LogP contribution in [0.15, 0.2) is 12.2 Å². The van der Waals surface area contributed by atoms with Crippen LogP contribution in [0.1, 0.15) is 19.8 Å². The Labute approximate surface area is 79.2 Å². The number of ether oxygens (including phenoxy) is 1. The van der Waals surface area contributed by atoms with Crippen molar-refractivity contribution in [1.82, 2.24) is 5.32 Å². The highest BCUT2D eigenvalue weighted by Gasteiger charge is 2.31. The van der Waals surface area contributed by atoms with Gasteiger partial charge in [-0.05, 0) is 19.8 Å². The van der Waals surface area contributed by atoms with Gasteiger partial charge in [-0.3, -0.25) is 4.79 Å². The molecule has 13 heavy (non-hydrogen) atoms. The van der Waals surface area contributed by atoms with Crippen molar-refractivity contribution in [3.8, 4) is 0 Å². The van der Waals surface area contributed by atoms with Crippen LogP contribution in [0, 0.1) is 5.92 Å². The molecule has 0 aromatic rings. The third kappa shape index (κ3) is 2.31. The van der Waals surface area contributed by atoms with E-state index in [4.69, 9.17) is 4.74 Å². The molecule has 1 heterocycles. The summed E-state index contributed by atoms with van der Waals surface area (Å²) >= 11 is 0. The molecule has 1 fully saturated rings. The van der Waals surface area contributed by atoms with Crippen LogP contribution < -0.4 is 5.32 Å². The van der Waals surface area contributed by atoms with Gasteiger partial charge < -0.3 is 10.1 Å². The standard InChI is InChI=1S/C10H17NO2/c1-7(2)9-8(10(12)11-3)5-4-6-13-9/h8-9H,1,4-6H2,2-3H3,(H,11,12). The lowest BCUT2D eigenvalue weighted by atomic mass is 9.90. The maximum Gasteiger partial charge on any atom is 0.225 e. The van der Waals surface area contributed by atoms with E-state index in [1.165, 1.54) is 0 Å². The monoisotopic (exact) mass is 183 g/mol. The molecule has 74 valence electrons. The van der Waals surface area contributed by atoms with Crippen molar-refractivity contribution in [3.63, 3.8) is 0 Å². The maximum atomic E-state index is 11.4. The summed E-state index contributed by atoms with van der Waals surface area (Å²) in [4.78, 5) is 11.4. The molecule has 1 aliphatic rings. The van der Waals surface area contributed by atoms with E-state index in [9.17, 15) is 4.79 Å². The highest BCUT2D eigenvalue weighted by Crippen LogP contribution is 2.25. The molecule has 0 aromatic carbocycles. The predicted octanol–water partition coefficient (Wildman–Crippen LogP) is 1.10. The molecule has 0 radical (unpaired) electrons. The lowest BCUT2D eigenvalue weighted by molar-refractivity contribution is -0.131. The molecule has 2 atom stereocenters. The Morgan fingerprint density at radius 3 is 2.85 bits per heavy atom. The molecular formula is C10H17NO2. The summed E-state index contributed by atoms with van der Waals surface area (Å²) in [6.07, 6.45) is 1.77. The number of amides is 1. The van der Waals surface area contributed by atoms with Crippen LogP contribution >= 0.6 is 0 Å². The molecule has 0 aliphatic carbocycles. The molecule has 1 N–H and O–H groups in total.